The van der Waals surface area contributed by atoms with Crippen LogP contribution in [-0.4, -0.2) is 68.5 Å². The minimum Gasteiger partial charge on any atom is -0.507 e. The number of aliphatic hydroxyl groups excluding tert-OH is 2. The highest BCUT2D eigenvalue weighted by atomic mass is 16.4. The standard InChI is InChI=1S/C28H35N3O8/c1-27(2,3)8-6-7-12-11-16(31(4)5)14-9-13-10-15-20(30-39)23(34)19(26(29)37)25(36)28(15,38)24(35)17(13)22(33)18(14)21(12)32/h11,13,15,32-34,38-39H,6-10H2,1-5H3,(H2,29,37)/b30-20+/t13-,15-,28-/m0/s1. The van der Waals surface area contributed by atoms with Crippen LogP contribution in [0.1, 0.15) is 56.7 Å². The lowest BCUT2D eigenvalue weighted by atomic mass is 9.58. The number of aliphatic hydroxyl groups is 3. The molecule has 1 aromatic carbocycles. The van der Waals surface area contributed by atoms with Crippen LogP contribution in [0.3, 0.4) is 0 Å². The molecule has 0 radical (unpaired) electrons. The van der Waals surface area contributed by atoms with Crippen LogP contribution >= 0.6 is 0 Å². The number of phenolic OH excluding ortho intramolecular Hbond substituents is 1. The number of amides is 1. The summed E-state index contributed by atoms with van der Waals surface area (Å²) in [5.41, 5.74) is 2.35. The topological polar surface area (TPSA) is 194 Å². The number of oxime groups is 1. The van der Waals surface area contributed by atoms with E-state index in [0.717, 1.165) is 18.5 Å². The van der Waals surface area contributed by atoms with Gasteiger partial charge in [-0.3, -0.25) is 14.4 Å². The second-order valence-corrected chi connectivity index (χ2v) is 12.0. The third kappa shape index (κ3) is 4.25. The van der Waals surface area contributed by atoms with Gasteiger partial charge in [0, 0.05) is 25.4 Å². The Kier molecular flexibility index (Phi) is 6.79. The normalized spacial score (nSPS) is 25.9. The molecule has 3 aliphatic carbocycles. The number of fused-ring (bicyclic) bond motifs is 3. The van der Waals surface area contributed by atoms with Crippen LogP contribution in [-0.2, 0) is 27.2 Å². The summed E-state index contributed by atoms with van der Waals surface area (Å²) in [6.07, 6.45) is 2.15. The molecular weight excluding hydrogens is 506 g/mol. The third-order valence-corrected chi connectivity index (χ3v) is 8.02. The fourth-order valence-electron chi connectivity index (χ4n) is 6.11. The van der Waals surface area contributed by atoms with Crippen molar-refractivity contribution in [2.24, 2.45) is 28.1 Å². The Morgan fingerprint density at radius 2 is 1.79 bits per heavy atom. The molecule has 1 aromatic rings. The molecule has 11 heteroatoms. The van der Waals surface area contributed by atoms with E-state index in [9.17, 15) is 40.0 Å². The van der Waals surface area contributed by atoms with E-state index < -0.39 is 57.7 Å². The first-order chi connectivity index (χ1) is 18.1. The molecule has 1 saturated carbocycles. The number of nitrogens with two attached hydrogens (primary N) is 1. The van der Waals surface area contributed by atoms with Crippen molar-refractivity contribution >= 4 is 34.6 Å². The number of carbonyl (C=O) groups is 3. The van der Waals surface area contributed by atoms with Crippen molar-refractivity contribution in [2.45, 2.75) is 58.5 Å². The van der Waals surface area contributed by atoms with Gasteiger partial charge in [-0.25, -0.2) is 0 Å². The summed E-state index contributed by atoms with van der Waals surface area (Å²) in [4.78, 5) is 40.8. The number of phenols is 1. The number of aryl methyl sites for hydroxylation is 1. The number of rotatable bonds is 5. The predicted molar refractivity (Wildman–Crippen MR) is 143 cm³/mol. The average Bonchev–Trinajstić information content (AvgIpc) is 2.81. The highest BCUT2D eigenvalue weighted by Gasteiger charge is 2.64. The number of Topliss-reactive ketones (excluding diaryl/α,β-unsaturated/α-hetero) is 2. The number of primary amides is 1. The van der Waals surface area contributed by atoms with Gasteiger partial charge in [0.05, 0.1) is 11.5 Å². The van der Waals surface area contributed by atoms with Gasteiger partial charge in [-0.05, 0) is 60.6 Å². The van der Waals surface area contributed by atoms with Gasteiger partial charge in [0.2, 0.25) is 11.6 Å². The zero-order valence-corrected chi connectivity index (χ0v) is 22.7. The van der Waals surface area contributed by atoms with E-state index in [-0.39, 0.29) is 35.1 Å². The van der Waals surface area contributed by atoms with Crippen molar-refractivity contribution in [2.75, 3.05) is 19.0 Å². The predicted octanol–water partition coefficient (Wildman–Crippen LogP) is 2.30. The fourth-order valence-corrected chi connectivity index (χ4v) is 6.11. The molecule has 4 rings (SSSR count). The number of anilines is 1. The lowest BCUT2D eigenvalue weighted by Crippen LogP contribution is -2.64. The van der Waals surface area contributed by atoms with E-state index in [1.807, 2.05) is 25.1 Å². The molecule has 0 aromatic heterocycles. The van der Waals surface area contributed by atoms with Crippen molar-refractivity contribution < 1.29 is 40.0 Å². The largest absolute Gasteiger partial charge is 0.507 e. The number of hydrogen-bond acceptors (Lipinski definition) is 10. The minimum atomic E-state index is -2.94. The Morgan fingerprint density at radius 1 is 1.15 bits per heavy atom. The second-order valence-electron chi connectivity index (χ2n) is 12.0. The average molecular weight is 542 g/mol. The number of hydrogen-bond donors (Lipinski definition) is 6. The highest BCUT2D eigenvalue weighted by molar-refractivity contribution is 6.38. The summed E-state index contributed by atoms with van der Waals surface area (Å²) in [5.74, 6) is -8.06. The van der Waals surface area contributed by atoms with E-state index in [1.165, 1.54) is 0 Å². The summed E-state index contributed by atoms with van der Waals surface area (Å²) < 4.78 is 0. The van der Waals surface area contributed by atoms with Crippen molar-refractivity contribution in [3.63, 3.8) is 0 Å². The molecule has 3 aliphatic rings. The first-order valence-electron chi connectivity index (χ1n) is 12.8. The smallest absolute Gasteiger partial charge is 0.256 e. The molecule has 0 aliphatic heterocycles. The molecule has 0 saturated heterocycles. The van der Waals surface area contributed by atoms with Gasteiger partial charge in [-0.15, -0.1) is 0 Å². The molecular formula is C28H35N3O8. The van der Waals surface area contributed by atoms with Crippen LogP contribution in [0, 0.1) is 17.3 Å². The summed E-state index contributed by atoms with van der Waals surface area (Å²) in [5, 5.41) is 57.3. The highest BCUT2D eigenvalue weighted by Crippen LogP contribution is 2.52. The van der Waals surface area contributed by atoms with E-state index in [2.05, 4.69) is 25.9 Å². The van der Waals surface area contributed by atoms with E-state index in [0.29, 0.717) is 17.5 Å². The maximum atomic E-state index is 13.8. The van der Waals surface area contributed by atoms with Gasteiger partial charge < -0.3 is 36.3 Å². The van der Waals surface area contributed by atoms with Crippen LogP contribution in [0.2, 0.25) is 0 Å². The Morgan fingerprint density at radius 3 is 2.33 bits per heavy atom. The van der Waals surface area contributed by atoms with Crippen molar-refractivity contribution in [1.29, 1.82) is 0 Å². The first kappa shape index (κ1) is 28.2. The third-order valence-electron chi connectivity index (χ3n) is 8.02. The maximum absolute atomic E-state index is 13.8. The summed E-state index contributed by atoms with van der Waals surface area (Å²) in [7, 11) is 3.63. The summed E-state index contributed by atoms with van der Waals surface area (Å²) in [6.45, 7) is 6.35. The van der Waals surface area contributed by atoms with Crippen molar-refractivity contribution in [1.82, 2.24) is 0 Å². The molecule has 7 N–H and O–H groups in total. The second kappa shape index (κ2) is 9.41. The Balaban J connectivity index is 1.90. The molecule has 210 valence electrons. The summed E-state index contributed by atoms with van der Waals surface area (Å²) >= 11 is 0. The number of nitrogens with zero attached hydrogens (tertiary/aromatic N) is 2. The molecule has 0 heterocycles. The number of ketones is 2. The van der Waals surface area contributed by atoms with E-state index in [4.69, 9.17) is 5.73 Å². The quantitative estimate of drug-likeness (QED) is 0.140. The van der Waals surface area contributed by atoms with Crippen LogP contribution < -0.4 is 10.6 Å². The number of allylic oxidation sites excluding steroid dienone is 1. The maximum Gasteiger partial charge on any atom is 0.256 e. The molecule has 1 fully saturated rings. The van der Waals surface area contributed by atoms with Gasteiger partial charge in [0.25, 0.3) is 5.91 Å². The molecule has 1 amide bonds. The molecule has 11 nitrogen and oxygen atoms in total. The van der Waals surface area contributed by atoms with Gasteiger partial charge in [0.1, 0.15) is 22.8 Å². The van der Waals surface area contributed by atoms with Crippen LogP contribution in [0.5, 0.6) is 5.75 Å². The Bertz CT molecular complexity index is 1380. The monoisotopic (exact) mass is 541 g/mol. The minimum absolute atomic E-state index is 0.0569. The van der Waals surface area contributed by atoms with Crippen molar-refractivity contribution in [3.05, 3.63) is 39.7 Å². The lowest BCUT2D eigenvalue weighted by Gasteiger charge is -2.45. The molecule has 39 heavy (non-hydrogen) atoms. The lowest BCUT2D eigenvalue weighted by molar-refractivity contribution is -0.153. The van der Waals surface area contributed by atoms with Crippen LogP contribution in [0.4, 0.5) is 5.69 Å². The fraction of sp³-hybridized carbons (Fsp3) is 0.500. The number of carbonyl (C=O) groups excluding carboxylic acids is 3. The van der Waals surface area contributed by atoms with E-state index in [1.54, 1.807) is 0 Å². The molecule has 0 spiro atoms. The molecule has 0 bridgehead atoms. The number of benzene rings is 1. The zero-order valence-electron chi connectivity index (χ0n) is 22.7. The Hall–Kier alpha value is -3.86. The van der Waals surface area contributed by atoms with Gasteiger partial charge in [-0.2, -0.15) is 0 Å². The van der Waals surface area contributed by atoms with Gasteiger partial charge >= 0.3 is 0 Å². The van der Waals surface area contributed by atoms with Crippen LogP contribution in [0.25, 0.3) is 5.76 Å². The summed E-state index contributed by atoms with van der Waals surface area (Å²) in [6, 6.07) is 1.86. The van der Waals surface area contributed by atoms with Crippen molar-refractivity contribution in [3.8, 4) is 5.75 Å². The molecule has 0 unspecified atom stereocenters. The van der Waals surface area contributed by atoms with Gasteiger partial charge in [0.15, 0.2) is 11.4 Å². The zero-order chi connectivity index (χ0) is 29.2. The Labute approximate surface area is 225 Å². The van der Waals surface area contributed by atoms with Crippen LogP contribution in [0.15, 0.2) is 28.1 Å². The number of aromatic hydroxyl groups is 1. The SMILES string of the molecule is CN(C)c1cc(CCCC(C)(C)C)c(O)c2c1C[C@H]1C[C@H]3/C(=N\O)C(O)=C(C(N)=O)C(=O)[C@@]3(O)C(=O)C1=C2O. The van der Waals surface area contributed by atoms with E-state index >= 15 is 0 Å². The molecule has 3 atom stereocenters. The first-order valence-corrected chi connectivity index (χ1v) is 12.8. The van der Waals surface area contributed by atoms with Gasteiger partial charge in [-0.1, -0.05) is 25.9 Å².